The van der Waals surface area contributed by atoms with Gasteiger partial charge < -0.3 is 15.4 Å². The second kappa shape index (κ2) is 5.86. The highest BCUT2D eigenvalue weighted by molar-refractivity contribution is 6.02. The third-order valence-electron chi connectivity index (χ3n) is 2.63. The van der Waals surface area contributed by atoms with Gasteiger partial charge in [0, 0.05) is 12.7 Å². The van der Waals surface area contributed by atoms with E-state index in [1.54, 1.807) is 56.8 Å². The molecule has 5 nitrogen and oxygen atoms in total. The molecule has 0 aliphatic heterocycles. The van der Waals surface area contributed by atoms with Crippen LogP contribution in [-0.4, -0.2) is 25.0 Å². The summed E-state index contributed by atoms with van der Waals surface area (Å²) < 4.78 is 5.05. The molecule has 19 heavy (non-hydrogen) atoms. The standard InChI is InChI=1S/C14H15N3O2/c1-15-11-5-8-13(16-9-11)14(18)17-10-3-6-12(19-2)7-4-10/h3-9,15H,1-2H3,(H,17,18). The summed E-state index contributed by atoms with van der Waals surface area (Å²) in [6.07, 6.45) is 1.61. The van der Waals surface area contributed by atoms with Crippen molar-refractivity contribution in [2.24, 2.45) is 0 Å². The lowest BCUT2D eigenvalue weighted by Crippen LogP contribution is -2.13. The molecule has 0 radical (unpaired) electrons. The molecule has 0 aliphatic carbocycles. The van der Waals surface area contributed by atoms with E-state index in [0.717, 1.165) is 11.4 Å². The average molecular weight is 257 g/mol. The van der Waals surface area contributed by atoms with Crippen LogP contribution in [0.4, 0.5) is 11.4 Å². The third kappa shape index (κ3) is 3.22. The number of ether oxygens (including phenoxy) is 1. The van der Waals surface area contributed by atoms with Gasteiger partial charge in [-0.3, -0.25) is 4.79 Å². The molecule has 1 aromatic heterocycles. The van der Waals surface area contributed by atoms with Crippen molar-refractivity contribution >= 4 is 17.3 Å². The highest BCUT2D eigenvalue weighted by Crippen LogP contribution is 2.15. The van der Waals surface area contributed by atoms with Gasteiger partial charge in [-0.1, -0.05) is 0 Å². The van der Waals surface area contributed by atoms with Crippen molar-refractivity contribution in [2.75, 3.05) is 24.8 Å². The number of pyridine rings is 1. The molecule has 5 heteroatoms. The van der Waals surface area contributed by atoms with Crippen LogP contribution in [0, 0.1) is 0 Å². The average Bonchev–Trinajstić information content (AvgIpc) is 2.48. The van der Waals surface area contributed by atoms with E-state index in [1.807, 2.05) is 0 Å². The lowest BCUT2D eigenvalue weighted by Gasteiger charge is -2.06. The zero-order valence-electron chi connectivity index (χ0n) is 10.8. The quantitative estimate of drug-likeness (QED) is 0.882. The first-order valence-corrected chi connectivity index (χ1v) is 5.82. The van der Waals surface area contributed by atoms with Gasteiger partial charge in [0.05, 0.1) is 19.0 Å². The number of nitrogens with one attached hydrogen (secondary N) is 2. The number of hydrogen-bond donors (Lipinski definition) is 2. The van der Waals surface area contributed by atoms with E-state index < -0.39 is 0 Å². The molecular formula is C14H15N3O2. The Hall–Kier alpha value is -2.56. The molecule has 2 N–H and O–H groups in total. The SMILES string of the molecule is CNc1ccc(C(=O)Nc2ccc(OC)cc2)nc1. The molecule has 0 bridgehead atoms. The van der Waals surface area contributed by atoms with Crippen LogP contribution in [0.15, 0.2) is 42.6 Å². The van der Waals surface area contributed by atoms with Crippen LogP contribution in [0.5, 0.6) is 5.75 Å². The van der Waals surface area contributed by atoms with Gasteiger partial charge in [0.2, 0.25) is 0 Å². The summed E-state index contributed by atoms with van der Waals surface area (Å²) >= 11 is 0. The van der Waals surface area contributed by atoms with Gasteiger partial charge in [-0.25, -0.2) is 4.98 Å². The molecule has 98 valence electrons. The maximum Gasteiger partial charge on any atom is 0.274 e. The predicted molar refractivity (Wildman–Crippen MR) is 74.7 cm³/mol. The monoisotopic (exact) mass is 257 g/mol. The second-order valence-corrected chi connectivity index (χ2v) is 3.86. The Kier molecular flexibility index (Phi) is 3.97. The molecule has 2 rings (SSSR count). The van der Waals surface area contributed by atoms with Gasteiger partial charge in [0.15, 0.2) is 0 Å². The fourth-order valence-corrected chi connectivity index (χ4v) is 1.55. The van der Waals surface area contributed by atoms with E-state index in [-0.39, 0.29) is 5.91 Å². The Morgan fingerprint density at radius 2 is 1.79 bits per heavy atom. The smallest absolute Gasteiger partial charge is 0.274 e. The number of aromatic nitrogens is 1. The van der Waals surface area contributed by atoms with Crippen molar-refractivity contribution < 1.29 is 9.53 Å². The first-order chi connectivity index (χ1) is 9.22. The zero-order valence-corrected chi connectivity index (χ0v) is 10.8. The normalized spacial score (nSPS) is 9.79. The Bertz CT molecular complexity index is 550. The van der Waals surface area contributed by atoms with Crippen molar-refractivity contribution in [3.63, 3.8) is 0 Å². The van der Waals surface area contributed by atoms with Gasteiger partial charge in [0.25, 0.3) is 5.91 Å². The van der Waals surface area contributed by atoms with E-state index in [9.17, 15) is 4.79 Å². The molecule has 2 aromatic rings. The number of benzene rings is 1. The molecule has 0 aliphatic rings. The predicted octanol–water partition coefficient (Wildman–Crippen LogP) is 2.38. The summed E-state index contributed by atoms with van der Waals surface area (Å²) in [5, 5.41) is 5.72. The van der Waals surface area contributed by atoms with Crippen LogP contribution in [0.3, 0.4) is 0 Å². The summed E-state index contributed by atoms with van der Waals surface area (Å²) in [5.41, 5.74) is 1.93. The van der Waals surface area contributed by atoms with Crippen molar-refractivity contribution in [3.05, 3.63) is 48.3 Å². The summed E-state index contributed by atoms with van der Waals surface area (Å²) in [7, 11) is 3.40. The second-order valence-electron chi connectivity index (χ2n) is 3.86. The molecule has 0 spiro atoms. The molecule has 0 fully saturated rings. The van der Waals surface area contributed by atoms with Gasteiger partial charge >= 0.3 is 0 Å². The first-order valence-electron chi connectivity index (χ1n) is 5.82. The molecule has 0 saturated carbocycles. The van der Waals surface area contributed by atoms with Gasteiger partial charge in [-0.2, -0.15) is 0 Å². The highest BCUT2D eigenvalue weighted by atomic mass is 16.5. The molecule has 1 amide bonds. The Labute approximate surface area is 111 Å². The maximum absolute atomic E-state index is 11.9. The van der Waals surface area contributed by atoms with E-state index in [1.165, 1.54) is 0 Å². The summed E-state index contributed by atoms with van der Waals surface area (Å²) in [4.78, 5) is 16.0. The minimum absolute atomic E-state index is 0.243. The molecule has 0 atom stereocenters. The number of amides is 1. The van der Waals surface area contributed by atoms with E-state index >= 15 is 0 Å². The number of carbonyl (C=O) groups excluding carboxylic acids is 1. The number of nitrogens with zero attached hydrogens (tertiary/aromatic N) is 1. The number of methoxy groups -OCH3 is 1. The van der Waals surface area contributed by atoms with Crippen molar-refractivity contribution in [3.8, 4) is 5.75 Å². The molecule has 0 saturated heterocycles. The highest BCUT2D eigenvalue weighted by Gasteiger charge is 2.07. The first kappa shape index (κ1) is 12.9. The lowest BCUT2D eigenvalue weighted by atomic mass is 10.2. The summed E-state index contributed by atoms with van der Waals surface area (Å²) in [5.74, 6) is 0.502. The van der Waals surface area contributed by atoms with Gasteiger partial charge in [-0.05, 0) is 36.4 Å². The van der Waals surface area contributed by atoms with Crippen LogP contribution in [0.1, 0.15) is 10.5 Å². The van der Waals surface area contributed by atoms with Gasteiger partial charge in [0.1, 0.15) is 11.4 Å². The summed E-state index contributed by atoms with van der Waals surface area (Å²) in [6.45, 7) is 0. The van der Waals surface area contributed by atoms with Crippen molar-refractivity contribution in [2.45, 2.75) is 0 Å². The fraction of sp³-hybridized carbons (Fsp3) is 0.143. The Balaban J connectivity index is 2.06. The molecule has 1 heterocycles. The van der Waals surface area contributed by atoms with Crippen LogP contribution >= 0.6 is 0 Å². The summed E-state index contributed by atoms with van der Waals surface area (Å²) in [6, 6.07) is 10.6. The topological polar surface area (TPSA) is 63.2 Å². The molecule has 0 unspecified atom stereocenters. The number of carbonyl (C=O) groups is 1. The van der Waals surface area contributed by atoms with Gasteiger partial charge in [-0.15, -0.1) is 0 Å². The fourth-order valence-electron chi connectivity index (χ4n) is 1.55. The third-order valence-corrected chi connectivity index (χ3v) is 2.63. The van der Waals surface area contributed by atoms with Crippen molar-refractivity contribution in [1.29, 1.82) is 0 Å². The van der Waals surface area contributed by atoms with Crippen LogP contribution < -0.4 is 15.4 Å². The number of hydrogen-bond acceptors (Lipinski definition) is 4. The molecular weight excluding hydrogens is 242 g/mol. The van der Waals surface area contributed by atoms with Crippen LogP contribution in [0.25, 0.3) is 0 Å². The number of rotatable bonds is 4. The van der Waals surface area contributed by atoms with E-state index in [2.05, 4.69) is 15.6 Å². The van der Waals surface area contributed by atoms with Crippen LogP contribution in [0.2, 0.25) is 0 Å². The zero-order chi connectivity index (χ0) is 13.7. The minimum Gasteiger partial charge on any atom is -0.497 e. The minimum atomic E-state index is -0.243. The van der Waals surface area contributed by atoms with E-state index in [0.29, 0.717) is 11.4 Å². The largest absolute Gasteiger partial charge is 0.497 e. The van der Waals surface area contributed by atoms with E-state index in [4.69, 9.17) is 4.74 Å². The lowest BCUT2D eigenvalue weighted by molar-refractivity contribution is 0.102. The Morgan fingerprint density at radius 1 is 1.11 bits per heavy atom. The molecule has 1 aromatic carbocycles. The van der Waals surface area contributed by atoms with Crippen molar-refractivity contribution in [1.82, 2.24) is 4.98 Å². The Morgan fingerprint density at radius 3 is 2.32 bits per heavy atom. The maximum atomic E-state index is 11.9. The number of anilines is 2. The van der Waals surface area contributed by atoms with Crippen LogP contribution in [-0.2, 0) is 0 Å².